The number of rotatable bonds is 1. The molecule has 4 fully saturated rings. The molecule has 3 nitrogen and oxygen atoms in total. The molecule has 0 aromatic rings. The van der Waals surface area contributed by atoms with E-state index in [1.807, 2.05) is 0 Å². The first kappa shape index (κ1) is 13.1. The number of fused-ring (bicyclic) bond motifs is 2. The molecule has 4 aliphatic rings. The van der Waals surface area contributed by atoms with E-state index in [1.54, 1.807) is 0 Å². The first-order chi connectivity index (χ1) is 9.75. The van der Waals surface area contributed by atoms with Crippen LogP contribution >= 0.6 is 0 Å². The molecule has 0 N–H and O–H groups in total. The molecule has 4 rings (SSSR count). The number of carbonyl (C=O) groups is 1. The molecule has 4 heterocycles. The highest BCUT2D eigenvalue weighted by molar-refractivity contribution is 5.77. The average Bonchev–Trinajstić information content (AvgIpc) is 2.49. The van der Waals surface area contributed by atoms with Crippen molar-refractivity contribution < 1.29 is 9.28 Å². The van der Waals surface area contributed by atoms with Crippen molar-refractivity contribution in [1.29, 1.82) is 0 Å². The molecule has 0 saturated carbocycles. The summed E-state index contributed by atoms with van der Waals surface area (Å²) in [5.74, 6) is 2.07. The average molecular weight is 277 g/mol. The zero-order chi connectivity index (χ0) is 13.7. The summed E-state index contributed by atoms with van der Waals surface area (Å²) in [5, 5.41) is 0. The third-order valence-electron chi connectivity index (χ3n) is 7.04. The van der Waals surface area contributed by atoms with Crippen LogP contribution in [0.3, 0.4) is 0 Å². The Morgan fingerprint density at radius 3 is 2.75 bits per heavy atom. The van der Waals surface area contributed by atoms with Crippen molar-refractivity contribution in [3.05, 3.63) is 0 Å². The van der Waals surface area contributed by atoms with Crippen molar-refractivity contribution in [1.82, 2.24) is 4.90 Å². The number of amides is 1. The number of hydrogen-bond donors (Lipinski definition) is 0. The highest BCUT2D eigenvalue weighted by Crippen LogP contribution is 2.48. The van der Waals surface area contributed by atoms with Crippen LogP contribution in [-0.4, -0.2) is 53.6 Å². The molecule has 0 radical (unpaired) electrons. The summed E-state index contributed by atoms with van der Waals surface area (Å²) in [6, 6.07) is 1.48. The topological polar surface area (TPSA) is 20.3 Å². The van der Waals surface area contributed by atoms with E-state index in [0.29, 0.717) is 11.9 Å². The molecule has 0 aromatic heterocycles. The molecule has 20 heavy (non-hydrogen) atoms. The van der Waals surface area contributed by atoms with E-state index >= 15 is 0 Å². The van der Waals surface area contributed by atoms with E-state index in [1.165, 1.54) is 56.2 Å². The fraction of sp³-hybridized carbons (Fsp3) is 0.941. The lowest BCUT2D eigenvalue weighted by Gasteiger charge is -2.62. The second kappa shape index (κ2) is 4.72. The number of quaternary nitrogens is 1. The smallest absolute Gasteiger partial charge is 0.222 e. The molecule has 5 atom stereocenters. The van der Waals surface area contributed by atoms with Crippen molar-refractivity contribution in [3.63, 3.8) is 0 Å². The van der Waals surface area contributed by atoms with Gasteiger partial charge in [-0.1, -0.05) is 0 Å². The second-order valence-corrected chi connectivity index (χ2v) is 7.69. The van der Waals surface area contributed by atoms with E-state index < -0.39 is 0 Å². The van der Waals surface area contributed by atoms with Crippen LogP contribution in [0.4, 0.5) is 0 Å². The van der Waals surface area contributed by atoms with Gasteiger partial charge in [-0.3, -0.25) is 4.79 Å². The van der Waals surface area contributed by atoms with Gasteiger partial charge in [-0.2, -0.15) is 0 Å². The molecule has 3 heteroatoms. The number of hydrogen-bond acceptors (Lipinski definition) is 1. The molecular formula is C17H29N2O+. The fourth-order valence-electron chi connectivity index (χ4n) is 6.29. The van der Waals surface area contributed by atoms with Crippen LogP contribution in [0.15, 0.2) is 0 Å². The second-order valence-electron chi connectivity index (χ2n) is 7.69. The van der Waals surface area contributed by atoms with Gasteiger partial charge in [-0.15, -0.1) is 0 Å². The summed E-state index contributed by atoms with van der Waals surface area (Å²) in [6.45, 7) is 7.63. The van der Waals surface area contributed by atoms with Crippen molar-refractivity contribution in [2.45, 2.75) is 64.0 Å². The molecule has 112 valence electrons. The quantitative estimate of drug-likeness (QED) is 0.674. The van der Waals surface area contributed by atoms with Crippen molar-refractivity contribution in [2.75, 3.05) is 26.2 Å². The predicted octanol–water partition coefficient (Wildman–Crippen LogP) is 2.41. The first-order valence-corrected chi connectivity index (χ1v) is 8.90. The van der Waals surface area contributed by atoms with Gasteiger partial charge in [0.05, 0.1) is 25.7 Å². The highest BCUT2D eigenvalue weighted by atomic mass is 16.2. The number of piperidine rings is 4. The Kier molecular flexibility index (Phi) is 3.10. The van der Waals surface area contributed by atoms with Gasteiger partial charge in [0.15, 0.2) is 0 Å². The summed E-state index contributed by atoms with van der Waals surface area (Å²) in [4.78, 5) is 14.7. The predicted molar refractivity (Wildman–Crippen MR) is 79.1 cm³/mol. The Morgan fingerprint density at radius 2 is 1.95 bits per heavy atom. The Bertz CT molecular complexity index is 406. The molecule has 0 bridgehead atoms. The minimum absolute atomic E-state index is 0.463. The molecule has 0 spiro atoms. The number of carbonyl (C=O) groups excluding carboxylic acids is 1. The lowest BCUT2D eigenvalue weighted by Crippen LogP contribution is -2.73. The molecule has 1 amide bonds. The maximum absolute atomic E-state index is 12.3. The lowest BCUT2D eigenvalue weighted by atomic mass is 9.66. The normalized spacial score (nSPS) is 47.6. The summed E-state index contributed by atoms with van der Waals surface area (Å²) >= 11 is 0. The molecule has 0 aromatic carbocycles. The van der Waals surface area contributed by atoms with E-state index in [0.717, 1.165) is 37.3 Å². The van der Waals surface area contributed by atoms with E-state index in [2.05, 4.69) is 11.8 Å². The van der Waals surface area contributed by atoms with Crippen LogP contribution in [0.25, 0.3) is 0 Å². The van der Waals surface area contributed by atoms with E-state index in [9.17, 15) is 4.79 Å². The molecule has 0 aliphatic carbocycles. The van der Waals surface area contributed by atoms with Crippen molar-refractivity contribution in [2.24, 2.45) is 11.8 Å². The van der Waals surface area contributed by atoms with Gasteiger partial charge in [0, 0.05) is 30.8 Å². The van der Waals surface area contributed by atoms with Gasteiger partial charge in [-0.05, 0) is 45.4 Å². The van der Waals surface area contributed by atoms with Crippen LogP contribution in [0, 0.1) is 11.8 Å². The Morgan fingerprint density at radius 1 is 1.15 bits per heavy atom. The fourth-order valence-corrected chi connectivity index (χ4v) is 6.29. The Labute approximate surface area is 122 Å². The summed E-state index contributed by atoms with van der Waals surface area (Å²) in [5.41, 5.74) is 0. The largest absolute Gasteiger partial charge is 0.339 e. The molecular weight excluding hydrogens is 248 g/mol. The van der Waals surface area contributed by atoms with Crippen LogP contribution in [0.5, 0.6) is 0 Å². The molecule has 4 saturated heterocycles. The van der Waals surface area contributed by atoms with Crippen LogP contribution in [0.1, 0.15) is 51.9 Å². The summed E-state index contributed by atoms with van der Waals surface area (Å²) < 4.78 is 1.40. The van der Waals surface area contributed by atoms with E-state index in [4.69, 9.17) is 0 Å². The third kappa shape index (κ3) is 1.71. The zero-order valence-corrected chi connectivity index (χ0v) is 12.9. The SMILES string of the molecule is CC[N+]12CCC[C@@H]3CN4C(=O)CCC[C@H]4[C@H](CCC1)[C@H]32. The molecule has 4 aliphatic heterocycles. The van der Waals surface area contributed by atoms with Gasteiger partial charge in [0.1, 0.15) is 0 Å². The van der Waals surface area contributed by atoms with Crippen LogP contribution in [0.2, 0.25) is 0 Å². The van der Waals surface area contributed by atoms with Gasteiger partial charge in [0.2, 0.25) is 5.91 Å². The van der Waals surface area contributed by atoms with Crippen LogP contribution < -0.4 is 0 Å². The highest BCUT2D eigenvalue weighted by Gasteiger charge is 2.57. The van der Waals surface area contributed by atoms with Gasteiger partial charge >= 0.3 is 0 Å². The Balaban J connectivity index is 1.70. The standard InChI is InChI=1S/C17H29N2O/c1-2-19-10-4-6-13-12-18-15(8-3-9-16(18)20)14(17(13)19)7-5-11-19/h13-15,17H,2-12H2,1H3/q+1/t13-,14+,15+,17+,19?/m1/s1. The molecule has 1 unspecified atom stereocenters. The summed E-state index contributed by atoms with van der Waals surface area (Å²) in [6.07, 6.45) is 8.76. The number of nitrogens with zero attached hydrogens (tertiary/aromatic N) is 2. The van der Waals surface area contributed by atoms with Gasteiger partial charge < -0.3 is 9.38 Å². The Hall–Kier alpha value is -0.570. The minimum Gasteiger partial charge on any atom is -0.339 e. The third-order valence-corrected chi connectivity index (χ3v) is 7.04. The zero-order valence-electron chi connectivity index (χ0n) is 12.9. The maximum atomic E-state index is 12.3. The maximum Gasteiger partial charge on any atom is 0.222 e. The monoisotopic (exact) mass is 277 g/mol. The van der Waals surface area contributed by atoms with Crippen molar-refractivity contribution >= 4 is 5.91 Å². The first-order valence-electron chi connectivity index (χ1n) is 8.90. The lowest BCUT2D eigenvalue weighted by molar-refractivity contribution is -0.968. The van der Waals surface area contributed by atoms with Gasteiger partial charge in [-0.25, -0.2) is 0 Å². The van der Waals surface area contributed by atoms with E-state index in [-0.39, 0.29) is 0 Å². The van der Waals surface area contributed by atoms with Crippen LogP contribution in [-0.2, 0) is 4.79 Å². The van der Waals surface area contributed by atoms with Crippen molar-refractivity contribution in [3.8, 4) is 0 Å². The summed E-state index contributed by atoms with van der Waals surface area (Å²) in [7, 11) is 0. The van der Waals surface area contributed by atoms with Gasteiger partial charge in [0.25, 0.3) is 0 Å². The minimum atomic E-state index is 0.463.